The lowest BCUT2D eigenvalue weighted by Crippen LogP contribution is -1.93. The predicted octanol–water partition coefficient (Wildman–Crippen LogP) is 5.20. The molecule has 0 aliphatic rings. The average Bonchev–Trinajstić information content (AvgIpc) is 2.94. The van der Waals surface area contributed by atoms with Crippen LogP contribution in [0.2, 0.25) is 5.02 Å². The molecule has 0 fully saturated rings. The third-order valence-electron chi connectivity index (χ3n) is 3.02. The number of halogens is 3. The van der Waals surface area contributed by atoms with Crippen LogP contribution in [0.15, 0.2) is 53.6 Å². The zero-order valence-electron chi connectivity index (χ0n) is 11.3. The number of hydrogen-bond acceptors (Lipinski definition) is 4. The van der Waals surface area contributed by atoms with Crippen LogP contribution in [0, 0.1) is 5.82 Å². The van der Waals surface area contributed by atoms with Crippen molar-refractivity contribution in [2.75, 3.05) is 0 Å². The number of nitrogens with zero attached hydrogens (tertiary/aromatic N) is 1. The van der Waals surface area contributed by atoms with Crippen molar-refractivity contribution < 1.29 is 12.8 Å². The molecule has 0 saturated heterocycles. The fourth-order valence-corrected chi connectivity index (χ4v) is 4.59. The summed E-state index contributed by atoms with van der Waals surface area (Å²) in [5, 5.41) is 0.815. The van der Waals surface area contributed by atoms with Gasteiger partial charge in [0.1, 0.15) is 10.8 Å². The highest BCUT2D eigenvalue weighted by molar-refractivity contribution is 8.13. The van der Waals surface area contributed by atoms with Gasteiger partial charge in [-0.3, -0.25) is 0 Å². The van der Waals surface area contributed by atoms with Crippen LogP contribution in [0.3, 0.4) is 0 Å². The normalized spacial score (nSPS) is 11.6. The van der Waals surface area contributed by atoms with E-state index >= 15 is 0 Å². The van der Waals surface area contributed by atoms with E-state index in [0.717, 1.165) is 11.3 Å². The molecule has 1 heterocycles. The summed E-state index contributed by atoms with van der Waals surface area (Å²) >= 11 is 7.01. The molecule has 0 atom stereocenters. The van der Waals surface area contributed by atoms with Gasteiger partial charge < -0.3 is 0 Å². The highest BCUT2D eigenvalue weighted by atomic mass is 35.7. The monoisotopic (exact) mass is 387 g/mol. The lowest BCUT2D eigenvalue weighted by atomic mass is 10.2. The van der Waals surface area contributed by atoms with Crippen molar-refractivity contribution in [1.29, 1.82) is 0 Å². The molecule has 0 unspecified atom stereocenters. The Bertz CT molecular complexity index is 952. The first-order valence-corrected chi connectivity index (χ1v) is 9.82. The second-order valence-electron chi connectivity index (χ2n) is 4.60. The van der Waals surface area contributed by atoms with E-state index in [2.05, 4.69) is 4.98 Å². The molecule has 0 saturated carbocycles. The van der Waals surface area contributed by atoms with Gasteiger partial charge in [-0.05, 0) is 29.8 Å². The van der Waals surface area contributed by atoms with E-state index in [1.807, 2.05) is 0 Å². The summed E-state index contributed by atoms with van der Waals surface area (Å²) in [6.45, 7) is 0. The van der Waals surface area contributed by atoms with Crippen LogP contribution in [0.1, 0.15) is 0 Å². The summed E-state index contributed by atoms with van der Waals surface area (Å²) in [5.74, 6) is -0.411. The SMILES string of the molecule is O=S(=O)(Cl)c1nc(-c2ccc(Cl)cc2)sc1-c1ccc(F)cc1. The maximum absolute atomic E-state index is 13.1. The van der Waals surface area contributed by atoms with Crippen LogP contribution < -0.4 is 0 Å². The number of aromatic nitrogens is 1. The van der Waals surface area contributed by atoms with Gasteiger partial charge in [-0.25, -0.2) is 17.8 Å². The first-order valence-electron chi connectivity index (χ1n) is 6.32. The van der Waals surface area contributed by atoms with Crippen LogP contribution >= 0.6 is 33.6 Å². The van der Waals surface area contributed by atoms with Crippen molar-refractivity contribution in [2.45, 2.75) is 5.03 Å². The zero-order valence-corrected chi connectivity index (χ0v) is 14.5. The lowest BCUT2D eigenvalue weighted by molar-refractivity contribution is 0.607. The van der Waals surface area contributed by atoms with Gasteiger partial charge in [-0.1, -0.05) is 35.9 Å². The van der Waals surface area contributed by atoms with Gasteiger partial charge in [0, 0.05) is 21.3 Å². The Labute approximate surface area is 145 Å². The van der Waals surface area contributed by atoms with Crippen molar-refractivity contribution in [1.82, 2.24) is 4.98 Å². The number of rotatable bonds is 3. The topological polar surface area (TPSA) is 47.0 Å². The highest BCUT2D eigenvalue weighted by Crippen LogP contribution is 2.39. The minimum absolute atomic E-state index is 0.235. The molecule has 3 nitrogen and oxygen atoms in total. The van der Waals surface area contributed by atoms with Crippen LogP contribution in [0.4, 0.5) is 4.39 Å². The Kier molecular flexibility index (Phi) is 4.42. The lowest BCUT2D eigenvalue weighted by Gasteiger charge is -1.99. The summed E-state index contributed by atoms with van der Waals surface area (Å²) in [5.41, 5.74) is 1.25. The third-order valence-corrected chi connectivity index (χ3v) is 5.76. The molecule has 23 heavy (non-hydrogen) atoms. The zero-order chi connectivity index (χ0) is 16.6. The molecule has 0 aliphatic carbocycles. The number of thiazole rings is 1. The summed E-state index contributed by atoms with van der Waals surface area (Å²) < 4.78 is 36.7. The molecule has 2 aromatic carbocycles. The van der Waals surface area contributed by atoms with Crippen molar-refractivity contribution >= 4 is 42.7 Å². The molecule has 3 rings (SSSR count). The summed E-state index contributed by atoms with van der Waals surface area (Å²) in [7, 11) is 1.46. The average molecular weight is 388 g/mol. The van der Waals surface area contributed by atoms with E-state index < -0.39 is 14.9 Å². The van der Waals surface area contributed by atoms with Crippen LogP contribution in [0.25, 0.3) is 21.0 Å². The standard InChI is InChI=1S/C15H8Cl2FNO2S2/c16-11-5-1-10(2-6-11)14-19-15(23(17,20)21)13(22-14)9-3-7-12(18)8-4-9/h1-8H. The fourth-order valence-electron chi connectivity index (χ4n) is 1.97. The van der Waals surface area contributed by atoms with Gasteiger partial charge in [-0.2, -0.15) is 0 Å². The van der Waals surface area contributed by atoms with E-state index in [1.54, 1.807) is 24.3 Å². The smallest absolute Gasteiger partial charge is 0.223 e. The first kappa shape index (κ1) is 16.4. The molecule has 1 aromatic heterocycles. The predicted molar refractivity (Wildman–Crippen MR) is 91.0 cm³/mol. The minimum atomic E-state index is -4.04. The Morgan fingerprint density at radius 3 is 2.09 bits per heavy atom. The molecule has 0 bridgehead atoms. The largest absolute Gasteiger partial charge is 0.280 e. The summed E-state index contributed by atoms with van der Waals surface area (Å²) in [6, 6.07) is 12.3. The van der Waals surface area contributed by atoms with Crippen molar-refractivity contribution in [3.8, 4) is 21.0 Å². The van der Waals surface area contributed by atoms with Gasteiger partial charge in [0.05, 0.1) is 4.88 Å². The van der Waals surface area contributed by atoms with E-state index in [0.29, 0.717) is 26.0 Å². The van der Waals surface area contributed by atoms with E-state index in [4.69, 9.17) is 22.3 Å². The third kappa shape index (κ3) is 3.55. The van der Waals surface area contributed by atoms with Gasteiger partial charge in [-0.15, -0.1) is 11.3 Å². The van der Waals surface area contributed by atoms with E-state index in [1.165, 1.54) is 24.3 Å². The molecular weight excluding hydrogens is 380 g/mol. The van der Waals surface area contributed by atoms with Crippen LogP contribution in [0.5, 0.6) is 0 Å². The van der Waals surface area contributed by atoms with Gasteiger partial charge in [0.25, 0.3) is 9.05 Å². The van der Waals surface area contributed by atoms with Crippen LogP contribution in [-0.4, -0.2) is 13.4 Å². The van der Waals surface area contributed by atoms with E-state index in [9.17, 15) is 12.8 Å². The van der Waals surface area contributed by atoms with Gasteiger partial charge in [0.2, 0.25) is 0 Å². The Morgan fingerprint density at radius 2 is 1.52 bits per heavy atom. The summed E-state index contributed by atoms with van der Waals surface area (Å²) in [4.78, 5) is 4.51. The molecule has 3 aromatic rings. The minimum Gasteiger partial charge on any atom is -0.223 e. The molecule has 0 radical (unpaired) electrons. The molecule has 118 valence electrons. The fraction of sp³-hybridized carbons (Fsp3) is 0. The molecule has 0 aliphatic heterocycles. The van der Waals surface area contributed by atoms with Crippen LogP contribution in [-0.2, 0) is 9.05 Å². The number of benzene rings is 2. The Balaban J connectivity index is 2.18. The number of hydrogen-bond donors (Lipinski definition) is 0. The Morgan fingerprint density at radius 1 is 0.957 bits per heavy atom. The molecule has 0 spiro atoms. The molecule has 8 heteroatoms. The Hall–Kier alpha value is -1.47. The second kappa shape index (κ2) is 6.20. The van der Waals surface area contributed by atoms with Crippen molar-refractivity contribution in [3.05, 3.63) is 59.4 Å². The summed E-state index contributed by atoms with van der Waals surface area (Å²) in [6.07, 6.45) is 0. The van der Waals surface area contributed by atoms with Crippen molar-refractivity contribution in [3.63, 3.8) is 0 Å². The first-order chi connectivity index (χ1) is 10.8. The molecule has 0 N–H and O–H groups in total. The molecular formula is C15H8Cl2FNO2S2. The second-order valence-corrected chi connectivity index (χ2v) is 8.52. The molecule has 0 amide bonds. The van der Waals surface area contributed by atoms with Gasteiger partial charge >= 0.3 is 0 Å². The quantitative estimate of drug-likeness (QED) is 0.580. The van der Waals surface area contributed by atoms with E-state index in [-0.39, 0.29) is 5.03 Å². The maximum atomic E-state index is 13.1. The van der Waals surface area contributed by atoms with Crippen molar-refractivity contribution in [2.24, 2.45) is 0 Å². The van der Waals surface area contributed by atoms with Gasteiger partial charge in [0.15, 0.2) is 5.03 Å². The maximum Gasteiger partial charge on any atom is 0.280 e. The highest BCUT2D eigenvalue weighted by Gasteiger charge is 2.23.